The number of carbonyl (C=O) groups is 2. The molecule has 0 spiro atoms. The van der Waals surface area contributed by atoms with E-state index in [9.17, 15) is 18.0 Å². The van der Waals surface area contributed by atoms with Gasteiger partial charge >= 0.3 is 5.97 Å². The van der Waals surface area contributed by atoms with Gasteiger partial charge in [-0.05, 0) is 41.1 Å². The van der Waals surface area contributed by atoms with Crippen LogP contribution in [0.25, 0.3) is 0 Å². The fourth-order valence-corrected chi connectivity index (χ4v) is 4.29. The van der Waals surface area contributed by atoms with Crippen LogP contribution in [0.15, 0.2) is 24.3 Å². The van der Waals surface area contributed by atoms with Crippen molar-refractivity contribution in [3.8, 4) is 0 Å². The number of rotatable bonds is 4. The Labute approximate surface area is 136 Å². The molecule has 0 saturated carbocycles. The lowest BCUT2D eigenvalue weighted by atomic mass is 10.2. The van der Waals surface area contributed by atoms with Crippen LogP contribution in [0.1, 0.15) is 16.8 Å². The predicted molar refractivity (Wildman–Crippen MR) is 84.6 cm³/mol. The Bertz CT molecular complexity index is 658. The fraction of sp³-hybridized carbons (Fsp3) is 0.385. The summed E-state index contributed by atoms with van der Waals surface area (Å²) < 4.78 is 28.2. The molecule has 21 heavy (non-hydrogen) atoms. The van der Waals surface area contributed by atoms with Crippen LogP contribution in [0.3, 0.4) is 0 Å². The summed E-state index contributed by atoms with van der Waals surface area (Å²) in [5.74, 6) is -1.03. The van der Waals surface area contributed by atoms with Gasteiger partial charge in [0.2, 0.25) is 0 Å². The van der Waals surface area contributed by atoms with Crippen LogP contribution >= 0.6 is 22.6 Å². The first kappa shape index (κ1) is 16.2. The quantitative estimate of drug-likeness (QED) is 0.571. The van der Waals surface area contributed by atoms with E-state index in [0.29, 0.717) is 12.0 Å². The highest BCUT2D eigenvalue weighted by molar-refractivity contribution is 14.1. The average molecular weight is 423 g/mol. The minimum absolute atomic E-state index is 0.0523. The van der Waals surface area contributed by atoms with E-state index in [0.717, 1.165) is 3.57 Å². The molecular formula is C13H14INO5S. The number of carbonyl (C=O) groups excluding carboxylic acids is 2. The highest BCUT2D eigenvalue weighted by Gasteiger charge is 2.29. The molecule has 1 unspecified atom stereocenters. The van der Waals surface area contributed by atoms with E-state index >= 15 is 0 Å². The van der Waals surface area contributed by atoms with Gasteiger partial charge in [0.1, 0.15) is 0 Å². The highest BCUT2D eigenvalue weighted by Crippen LogP contribution is 2.13. The number of ether oxygens (including phenoxy) is 1. The van der Waals surface area contributed by atoms with E-state index < -0.39 is 34.4 Å². The van der Waals surface area contributed by atoms with Crippen molar-refractivity contribution in [2.45, 2.75) is 12.5 Å². The van der Waals surface area contributed by atoms with Gasteiger partial charge < -0.3 is 10.1 Å². The van der Waals surface area contributed by atoms with Gasteiger partial charge in [-0.3, -0.25) is 4.79 Å². The molecule has 2 rings (SSSR count). The van der Waals surface area contributed by atoms with Gasteiger partial charge in [-0.15, -0.1) is 0 Å². The molecule has 0 bridgehead atoms. The van der Waals surface area contributed by atoms with Gasteiger partial charge in [0.05, 0.1) is 17.1 Å². The third-order valence-electron chi connectivity index (χ3n) is 3.03. The zero-order chi connectivity index (χ0) is 15.5. The van der Waals surface area contributed by atoms with Crippen LogP contribution in [0.5, 0.6) is 0 Å². The molecule has 1 aliphatic heterocycles. The summed E-state index contributed by atoms with van der Waals surface area (Å²) in [6, 6.07) is 6.50. The maximum Gasteiger partial charge on any atom is 0.339 e. The van der Waals surface area contributed by atoms with Gasteiger partial charge in [-0.1, -0.05) is 12.1 Å². The molecule has 1 atom stereocenters. The zero-order valence-electron chi connectivity index (χ0n) is 11.0. The average Bonchev–Trinajstić information content (AvgIpc) is 2.75. The Balaban J connectivity index is 1.82. The number of nitrogens with one attached hydrogen (secondary N) is 1. The van der Waals surface area contributed by atoms with Crippen LogP contribution in [-0.2, 0) is 19.4 Å². The first-order chi connectivity index (χ1) is 9.87. The molecule has 0 aromatic heterocycles. The predicted octanol–water partition coefficient (Wildman–Crippen LogP) is 0.751. The maximum absolute atomic E-state index is 11.8. The smallest absolute Gasteiger partial charge is 0.339 e. The molecule has 8 heteroatoms. The Morgan fingerprint density at radius 1 is 1.33 bits per heavy atom. The van der Waals surface area contributed by atoms with E-state index in [1.165, 1.54) is 0 Å². The first-order valence-electron chi connectivity index (χ1n) is 6.29. The number of sulfone groups is 1. The molecular weight excluding hydrogens is 409 g/mol. The number of amides is 1. The van der Waals surface area contributed by atoms with Crippen LogP contribution in [0, 0.1) is 3.57 Å². The van der Waals surface area contributed by atoms with Gasteiger partial charge in [0, 0.05) is 9.61 Å². The molecule has 1 aromatic carbocycles. The molecule has 1 amide bonds. The number of hydrogen-bond donors (Lipinski definition) is 1. The summed E-state index contributed by atoms with van der Waals surface area (Å²) in [7, 11) is -3.04. The molecule has 1 aliphatic rings. The molecule has 1 N–H and O–H groups in total. The van der Waals surface area contributed by atoms with Gasteiger partial charge in [0.25, 0.3) is 5.91 Å². The first-order valence-corrected chi connectivity index (χ1v) is 9.19. The lowest BCUT2D eigenvalue weighted by Crippen LogP contribution is -2.38. The number of halogens is 1. The number of benzene rings is 1. The van der Waals surface area contributed by atoms with Crippen molar-refractivity contribution in [1.82, 2.24) is 5.32 Å². The lowest BCUT2D eigenvalue weighted by molar-refractivity contribution is -0.124. The topological polar surface area (TPSA) is 89.5 Å². The molecule has 0 aliphatic carbocycles. The van der Waals surface area contributed by atoms with Crippen molar-refractivity contribution in [1.29, 1.82) is 0 Å². The van der Waals surface area contributed by atoms with Crippen LogP contribution in [0.2, 0.25) is 0 Å². The van der Waals surface area contributed by atoms with Crippen molar-refractivity contribution in [2.75, 3.05) is 18.1 Å². The Hall–Kier alpha value is -1.16. The molecule has 114 valence electrons. The zero-order valence-corrected chi connectivity index (χ0v) is 14.0. The van der Waals surface area contributed by atoms with E-state index in [2.05, 4.69) is 5.32 Å². The van der Waals surface area contributed by atoms with Crippen molar-refractivity contribution in [2.24, 2.45) is 0 Å². The Morgan fingerprint density at radius 3 is 2.67 bits per heavy atom. The fourth-order valence-electron chi connectivity index (χ4n) is 2.01. The standard InChI is InChI=1S/C13H14INO5S/c14-11-4-2-1-3-10(11)13(17)20-7-12(16)15-9-5-6-21(18,19)8-9/h1-4,9H,5-8H2,(H,15,16). The molecule has 1 aromatic rings. The normalized spacial score (nSPS) is 20.0. The van der Waals surface area contributed by atoms with Crippen LogP contribution in [-0.4, -0.2) is 44.4 Å². The third-order valence-corrected chi connectivity index (χ3v) is 5.73. The van der Waals surface area contributed by atoms with E-state index in [4.69, 9.17) is 4.74 Å². The van der Waals surface area contributed by atoms with E-state index in [-0.39, 0.29) is 11.5 Å². The molecule has 1 saturated heterocycles. The summed E-state index contributed by atoms with van der Waals surface area (Å²) >= 11 is 2.01. The third kappa shape index (κ3) is 4.67. The SMILES string of the molecule is O=C(COC(=O)c1ccccc1I)NC1CCS(=O)(=O)C1. The van der Waals surface area contributed by atoms with Crippen molar-refractivity contribution < 1.29 is 22.7 Å². The molecule has 1 fully saturated rings. The summed E-state index contributed by atoms with van der Waals surface area (Å²) in [6.07, 6.45) is 0.401. The summed E-state index contributed by atoms with van der Waals surface area (Å²) in [5, 5.41) is 2.56. The Morgan fingerprint density at radius 2 is 2.05 bits per heavy atom. The van der Waals surface area contributed by atoms with E-state index in [1.807, 2.05) is 22.6 Å². The summed E-state index contributed by atoms with van der Waals surface area (Å²) in [6.45, 7) is -0.416. The van der Waals surface area contributed by atoms with Gasteiger partial charge in [0.15, 0.2) is 16.4 Å². The largest absolute Gasteiger partial charge is 0.452 e. The summed E-state index contributed by atoms with van der Waals surface area (Å²) in [4.78, 5) is 23.5. The molecule has 0 radical (unpaired) electrons. The number of hydrogen-bond acceptors (Lipinski definition) is 5. The second-order valence-electron chi connectivity index (χ2n) is 4.72. The molecule has 1 heterocycles. The van der Waals surface area contributed by atoms with Crippen molar-refractivity contribution in [3.05, 3.63) is 33.4 Å². The minimum Gasteiger partial charge on any atom is -0.452 e. The maximum atomic E-state index is 11.8. The van der Waals surface area contributed by atoms with Gasteiger partial charge in [-0.25, -0.2) is 13.2 Å². The van der Waals surface area contributed by atoms with Crippen molar-refractivity contribution in [3.63, 3.8) is 0 Å². The second kappa shape index (κ2) is 6.73. The number of esters is 1. The second-order valence-corrected chi connectivity index (χ2v) is 8.11. The minimum atomic E-state index is -3.04. The summed E-state index contributed by atoms with van der Waals surface area (Å²) in [5.41, 5.74) is 0.398. The highest BCUT2D eigenvalue weighted by atomic mass is 127. The van der Waals surface area contributed by atoms with Crippen LogP contribution in [0.4, 0.5) is 0 Å². The Kier molecular flexibility index (Phi) is 5.20. The lowest BCUT2D eigenvalue weighted by Gasteiger charge is -2.11. The monoisotopic (exact) mass is 423 g/mol. The van der Waals surface area contributed by atoms with Crippen molar-refractivity contribution >= 4 is 44.3 Å². The molecule has 6 nitrogen and oxygen atoms in total. The van der Waals surface area contributed by atoms with E-state index in [1.54, 1.807) is 24.3 Å². The van der Waals surface area contributed by atoms with Crippen LogP contribution < -0.4 is 5.32 Å². The van der Waals surface area contributed by atoms with Gasteiger partial charge in [-0.2, -0.15) is 0 Å².